The Balaban J connectivity index is 1.60. The van der Waals surface area contributed by atoms with Crippen molar-refractivity contribution in [1.82, 2.24) is 9.66 Å². The maximum Gasteiger partial charge on any atom is 0.282 e. The highest BCUT2D eigenvalue weighted by molar-refractivity contribution is 9.10. The summed E-state index contributed by atoms with van der Waals surface area (Å²) >= 11 is 9.73. The van der Waals surface area contributed by atoms with Crippen molar-refractivity contribution in [2.45, 2.75) is 13.5 Å². The van der Waals surface area contributed by atoms with Gasteiger partial charge < -0.3 is 4.74 Å². The summed E-state index contributed by atoms with van der Waals surface area (Å²) in [7, 11) is 0. The molecule has 5 rings (SSSR count). The highest BCUT2D eigenvalue weighted by Crippen LogP contribution is 2.28. The highest BCUT2D eigenvalue weighted by atomic mass is 79.9. The summed E-state index contributed by atoms with van der Waals surface area (Å²) in [5.74, 6) is 1.14. The summed E-state index contributed by atoms with van der Waals surface area (Å²) in [6, 6.07) is 24.9. The van der Waals surface area contributed by atoms with Gasteiger partial charge >= 0.3 is 0 Å². The van der Waals surface area contributed by atoms with Crippen LogP contribution >= 0.6 is 27.5 Å². The molecule has 0 radical (unpaired) electrons. The number of aromatic nitrogens is 2. The van der Waals surface area contributed by atoms with Crippen LogP contribution in [0.15, 0.2) is 93.2 Å². The second kappa shape index (κ2) is 9.41. The van der Waals surface area contributed by atoms with Crippen LogP contribution in [0.3, 0.4) is 0 Å². The van der Waals surface area contributed by atoms with Gasteiger partial charge in [-0.25, -0.2) is 4.98 Å². The number of aryl methyl sites for hydroxylation is 1. The molecule has 0 aliphatic carbocycles. The summed E-state index contributed by atoms with van der Waals surface area (Å²) in [6.45, 7) is 2.07. The molecule has 0 saturated carbocycles. The molecule has 7 heteroatoms. The van der Waals surface area contributed by atoms with E-state index in [4.69, 9.17) is 16.3 Å². The van der Waals surface area contributed by atoms with Gasteiger partial charge in [-0.15, -0.1) is 0 Å². The van der Waals surface area contributed by atoms with Gasteiger partial charge in [0.25, 0.3) is 5.56 Å². The van der Waals surface area contributed by atoms with Gasteiger partial charge in [0.2, 0.25) is 0 Å². The van der Waals surface area contributed by atoms with E-state index < -0.39 is 0 Å². The minimum Gasteiger partial charge on any atom is -0.488 e. The maximum atomic E-state index is 13.2. The third-order valence-corrected chi connectivity index (χ3v) is 6.41. The molecule has 0 unspecified atom stereocenters. The number of rotatable bonds is 5. The van der Waals surface area contributed by atoms with Gasteiger partial charge in [-0.3, -0.25) is 4.79 Å². The molecule has 0 amide bonds. The van der Waals surface area contributed by atoms with E-state index in [0.29, 0.717) is 34.1 Å². The molecular formula is C27H19BrClN3O2. The van der Waals surface area contributed by atoms with E-state index in [-0.39, 0.29) is 5.56 Å². The van der Waals surface area contributed by atoms with Crippen molar-refractivity contribution in [3.8, 4) is 5.75 Å². The minimum absolute atomic E-state index is 0.237. The molecule has 0 fully saturated rings. The minimum atomic E-state index is -0.237. The summed E-state index contributed by atoms with van der Waals surface area (Å²) < 4.78 is 8.28. The molecule has 0 atom stereocenters. The van der Waals surface area contributed by atoms with Crippen molar-refractivity contribution >= 4 is 55.4 Å². The molecule has 0 bridgehead atoms. The van der Waals surface area contributed by atoms with Crippen LogP contribution in [-0.2, 0) is 6.61 Å². The predicted molar refractivity (Wildman–Crippen MR) is 141 cm³/mol. The average Bonchev–Trinajstić information content (AvgIpc) is 2.84. The smallest absolute Gasteiger partial charge is 0.282 e. The van der Waals surface area contributed by atoms with E-state index >= 15 is 0 Å². The first-order valence-electron chi connectivity index (χ1n) is 10.6. The third-order valence-electron chi connectivity index (χ3n) is 5.54. The molecule has 1 aromatic heterocycles. The van der Waals surface area contributed by atoms with Crippen LogP contribution < -0.4 is 10.3 Å². The number of hydrogen-bond acceptors (Lipinski definition) is 4. The van der Waals surface area contributed by atoms with Crippen LogP contribution in [0.25, 0.3) is 21.7 Å². The summed E-state index contributed by atoms with van der Waals surface area (Å²) in [5.41, 5.74) is 2.05. The molecule has 0 aliphatic rings. The molecule has 1 heterocycles. The molecular weight excluding hydrogens is 514 g/mol. The SMILES string of the molecule is Cc1nc2ccc(Br)cc2c(=O)n1N=Cc1c(OCc2ccccc2Cl)ccc2ccccc12. The van der Waals surface area contributed by atoms with Crippen LogP contribution in [-0.4, -0.2) is 15.9 Å². The zero-order chi connectivity index (χ0) is 23.7. The summed E-state index contributed by atoms with van der Waals surface area (Å²) in [6.07, 6.45) is 1.66. The standard InChI is InChI=1S/C27H19BrClN3O2/c1-17-31-25-12-11-20(28)14-22(25)27(33)32(17)30-15-23-21-8-4-2-6-18(21)10-13-26(23)34-16-19-7-3-5-9-24(19)29/h2-15H,16H2,1H3. The van der Waals surface area contributed by atoms with E-state index in [1.807, 2.05) is 72.8 Å². The van der Waals surface area contributed by atoms with Crippen LogP contribution in [0.5, 0.6) is 5.75 Å². The van der Waals surface area contributed by atoms with E-state index in [9.17, 15) is 4.79 Å². The zero-order valence-corrected chi connectivity index (χ0v) is 20.5. The van der Waals surface area contributed by atoms with Crippen molar-refractivity contribution in [3.05, 3.63) is 116 Å². The molecule has 0 N–H and O–H groups in total. The number of nitrogens with zero attached hydrogens (tertiary/aromatic N) is 3. The summed E-state index contributed by atoms with van der Waals surface area (Å²) in [5, 5.41) is 7.68. The monoisotopic (exact) mass is 531 g/mol. The second-order valence-corrected chi connectivity index (χ2v) is 9.08. The van der Waals surface area contributed by atoms with Crippen LogP contribution in [0.1, 0.15) is 17.0 Å². The van der Waals surface area contributed by atoms with E-state index in [2.05, 4.69) is 26.0 Å². The van der Waals surface area contributed by atoms with Gasteiger partial charge in [-0.05, 0) is 48.0 Å². The quantitative estimate of drug-likeness (QED) is 0.236. The number of hydrogen-bond donors (Lipinski definition) is 0. The number of benzene rings is 4. The molecule has 0 spiro atoms. The molecule has 0 saturated heterocycles. The fourth-order valence-corrected chi connectivity index (χ4v) is 4.37. The molecule has 168 valence electrons. The Morgan fingerprint density at radius 3 is 2.68 bits per heavy atom. The highest BCUT2D eigenvalue weighted by Gasteiger charge is 2.11. The first kappa shape index (κ1) is 22.3. The Morgan fingerprint density at radius 1 is 1.03 bits per heavy atom. The fraction of sp³-hybridized carbons (Fsp3) is 0.0741. The van der Waals surface area contributed by atoms with Gasteiger partial charge in [-0.2, -0.15) is 9.78 Å². The molecule has 0 aliphatic heterocycles. The molecule has 34 heavy (non-hydrogen) atoms. The Kier molecular flexibility index (Phi) is 6.18. The Labute approximate surface area is 209 Å². The van der Waals surface area contributed by atoms with Crippen LogP contribution in [0, 0.1) is 6.92 Å². The maximum absolute atomic E-state index is 13.2. The van der Waals surface area contributed by atoms with Crippen molar-refractivity contribution in [1.29, 1.82) is 0 Å². The average molecular weight is 533 g/mol. The number of ether oxygens (including phenoxy) is 1. The topological polar surface area (TPSA) is 56.5 Å². The van der Waals surface area contributed by atoms with Crippen LogP contribution in [0.4, 0.5) is 0 Å². The van der Waals surface area contributed by atoms with Gasteiger partial charge in [0, 0.05) is 20.6 Å². The summed E-state index contributed by atoms with van der Waals surface area (Å²) in [4.78, 5) is 17.7. The lowest BCUT2D eigenvalue weighted by atomic mass is 10.0. The first-order chi connectivity index (χ1) is 16.5. The van der Waals surface area contributed by atoms with E-state index in [1.54, 1.807) is 19.2 Å². The van der Waals surface area contributed by atoms with Crippen LogP contribution in [0.2, 0.25) is 5.02 Å². The van der Waals surface area contributed by atoms with E-state index in [1.165, 1.54) is 4.68 Å². The van der Waals surface area contributed by atoms with Gasteiger partial charge in [0.15, 0.2) is 0 Å². The molecule has 4 aromatic carbocycles. The van der Waals surface area contributed by atoms with Gasteiger partial charge in [0.05, 0.1) is 17.1 Å². The van der Waals surface area contributed by atoms with Crippen molar-refractivity contribution in [2.75, 3.05) is 0 Å². The van der Waals surface area contributed by atoms with E-state index in [0.717, 1.165) is 26.4 Å². The Morgan fingerprint density at radius 2 is 1.82 bits per heavy atom. The first-order valence-corrected chi connectivity index (χ1v) is 11.8. The number of fused-ring (bicyclic) bond motifs is 2. The lowest BCUT2D eigenvalue weighted by molar-refractivity contribution is 0.306. The third kappa shape index (κ3) is 4.34. The molecule has 5 aromatic rings. The van der Waals surface area contributed by atoms with Crippen molar-refractivity contribution in [2.24, 2.45) is 5.10 Å². The fourth-order valence-electron chi connectivity index (χ4n) is 3.82. The normalized spacial score (nSPS) is 11.5. The number of halogens is 2. The van der Waals surface area contributed by atoms with Crippen molar-refractivity contribution < 1.29 is 4.74 Å². The van der Waals surface area contributed by atoms with Crippen molar-refractivity contribution in [3.63, 3.8) is 0 Å². The lowest BCUT2D eigenvalue weighted by Gasteiger charge is -2.13. The molecule has 5 nitrogen and oxygen atoms in total. The largest absolute Gasteiger partial charge is 0.488 e. The van der Waals surface area contributed by atoms with Gasteiger partial charge in [0.1, 0.15) is 18.2 Å². The lowest BCUT2D eigenvalue weighted by Crippen LogP contribution is -2.20. The zero-order valence-electron chi connectivity index (χ0n) is 18.2. The van der Waals surface area contributed by atoms with Gasteiger partial charge in [-0.1, -0.05) is 76.1 Å². The predicted octanol–water partition coefficient (Wildman–Crippen LogP) is 6.74. The Bertz CT molecular complexity index is 1630. The second-order valence-electron chi connectivity index (χ2n) is 7.76. The Hall–Kier alpha value is -3.48.